The van der Waals surface area contributed by atoms with E-state index in [-0.39, 0.29) is 41.2 Å². The van der Waals surface area contributed by atoms with Gasteiger partial charge in [0.2, 0.25) is 11.8 Å². The summed E-state index contributed by atoms with van der Waals surface area (Å²) in [6.07, 6.45) is 0.0101. The lowest BCUT2D eigenvalue weighted by atomic mass is 10.2. The number of primary amides is 1. The number of thioether (sulfide) groups is 2. The number of nitro benzene ring substituents is 1. The maximum absolute atomic E-state index is 12.8. The minimum atomic E-state index is -0.637. The number of nitrogens with zero attached hydrogens (tertiary/aromatic N) is 2. The molecule has 33 heavy (non-hydrogen) atoms. The summed E-state index contributed by atoms with van der Waals surface area (Å²) >= 11 is 2.49. The van der Waals surface area contributed by atoms with Gasteiger partial charge in [0.05, 0.1) is 16.7 Å². The molecule has 13 heteroatoms. The molecule has 1 saturated heterocycles. The first-order valence-electron chi connectivity index (χ1n) is 10.1. The molecule has 0 radical (unpaired) electrons. The molecule has 1 aromatic carbocycles. The molecule has 1 fully saturated rings. The Bertz CT molecular complexity index is 897. The number of ether oxygens (including phenoxy) is 1. The van der Waals surface area contributed by atoms with Crippen LogP contribution in [0.15, 0.2) is 24.3 Å². The molecule has 0 saturated carbocycles. The molecule has 0 aliphatic carbocycles. The fourth-order valence-electron chi connectivity index (χ4n) is 3.17. The van der Waals surface area contributed by atoms with Crippen LogP contribution in [0.1, 0.15) is 25.8 Å². The number of rotatable bonds is 10. The normalized spacial score (nSPS) is 18.4. The molecule has 1 aliphatic heterocycles. The maximum Gasteiger partial charge on any atom is 0.410 e. The number of amides is 3. The van der Waals surface area contributed by atoms with Gasteiger partial charge in [0.1, 0.15) is 6.61 Å². The van der Waals surface area contributed by atoms with Crippen molar-refractivity contribution in [1.82, 2.24) is 10.2 Å². The van der Waals surface area contributed by atoms with Crippen LogP contribution in [0, 0.1) is 10.1 Å². The predicted molar refractivity (Wildman–Crippen MR) is 125 cm³/mol. The van der Waals surface area contributed by atoms with E-state index in [0.717, 1.165) is 0 Å². The summed E-state index contributed by atoms with van der Waals surface area (Å²) in [5.41, 5.74) is 5.58. The predicted octanol–water partition coefficient (Wildman–Crippen LogP) is 1.68. The number of likely N-dealkylation sites (tertiary alicyclic amines) is 1. The van der Waals surface area contributed by atoms with Crippen molar-refractivity contribution in [3.63, 3.8) is 0 Å². The Labute approximate surface area is 199 Å². The molecule has 1 aromatic rings. The van der Waals surface area contributed by atoms with Crippen LogP contribution < -0.4 is 11.1 Å². The third kappa shape index (κ3) is 8.57. The monoisotopic (exact) mass is 498 g/mol. The largest absolute Gasteiger partial charge is 0.445 e. The second kappa shape index (κ2) is 12.4. The van der Waals surface area contributed by atoms with Crippen molar-refractivity contribution in [1.29, 1.82) is 0 Å². The van der Waals surface area contributed by atoms with Gasteiger partial charge in [-0.3, -0.25) is 24.5 Å². The molecule has 3 amide bonds. The minimum absolute atomic E-state index is 0.0494. The molecule has 11 nitrogen and oxygen atoms in total. The Morgan fingerprint density at radius 1 is 1.30 bits per heavy atom. The highest BCUT2D eigenvalue weighted by molar-refractivity contribution is 8.14. The molecule has 3 N–H and O–H groups in total. The Hall–Kier alpha value is -2.80. The van der Waals surface area contributed by atoms with E-state index in [0.29, 0.717) is 24.3 Å². The van der Waals surface area contributed by atoms with E-state index in [9.17, 15) is 29.3 Å². The van der Waals surface area contributed by atoms with Crippen LogP contribution >= 0.6 is 23.5 Å². The Balaban J connectivity index is 1.96. The molecular formula is C20H26N4O7S2. The summed E-state index contributed by atoms with van der Waals surface area (Å²) in [5.74, 6) is -0.534. The number of non-ortho nitro benzene ring substituents is 1. The topological polar surface area (TPSA) is 162 Å². The molecule has 3 atom stereocenters. The number of nitrogens with one attached hydrogen (secondary N) is 1. The lowest BCUT2D eigenvalue weighted by Crippen LogP contribution is -2.40. The molecule has 1 aliphatic rings. The summed E-state index contributed by atoms with van der Waals surface area (Å²) in [6, 6.07) is 5.46. The number of carbonyl (C=O) groups is 4. The third-order valence-electron chi connectivity index (χ3n) is 4.80. The van der Waals surface area contributed by atoms with Crippen molar-refractivity contribution >= 4 is 52.2 Å². The van der Waals surface area contributed by atoms with Crippen molar-refractivity contribution < 1.29 is 28.8 Å². The number of benzene rings is 1. The Morgan fingerprint density at radius 2 is 1.97 bits per heavy atom. The average Bonchev–Trinajstić information content (AvgIpc) is 3.16. The zero-order chi connectivity index (χ0) is 24.5. The fourth-order valence-corrected chi connectivity index (χ4v) is 5.25. The molecule has 180 valence electrons. The van der Waals surface area contributed by atoms with E-state index >= 15 is 0 Å². The summed E-state index contributed by atoms with van der Waals surface area (Å²) in [7, 11) is 0. The molecule has 0 aromatic heterocycles. The van der Waals surface area contributed by atoms with Gasteiger partial charge in [-0.05, 0) is 31.0 Å². The van der Waals surface area contributed by atoms with Crippen molar-refractivity contribution in [3.8, 4) is 0 Å². The molecule has 1 heterocycles. The van der Waals surface area contributed by atoms with E-state index in [4.69, 9.17) is 10.5 Å². The van der Waals surface area contributed by atoms with Gasteiger partial charge in [-0.2, -0.15) is 0 Å². The van der Waals surface area contributed by atoms with Gasteiger partial charge >= 0.3 is 6.09 Å². The van der Waals surface area contributed by atoms with Gasteiger partial charge in [-0.25, -0.2) is 4.79 Å². The number of nitrogens with two attached hydrogens (primary N) is 1. The maximum atomic E-state index is 12.8. The Morgan fingerprint density at radius 3 is 2.55 bits per heavy atom. The van der Waals surface area contributed by atoms with Gasteiger partial charge in [-0.15, -0.1) is 11.8 Å². The van der Waals surface area contributed by atoms with E-state index in [1.165, 1.54) is 54.7 Å². The number of carbonyl (C=O) groups excluding carboxylic acids is 4. The van der Waals surface area contributed by atoms with Crippen LogP contribution in [0.2, 0.25) is 0 Å². The lowest BCUT2D eigenvalue weighted by Gasteiger charge is -2.24. The quantitative estimate of drug-likeness (QED) is 0.361. The summed E-state index contributed by atoms with van der Waals surface area (Å²) < 4.78 is 5.40. The Kier molecular flexibility index (Phi) is 9.97. The van der Waals surface area contributed by atoms with Crippen LogP contribution in [-0.2, 0) is 25.7 Å². The van der Waals surface area contributed by atoms with Crippen LogP contribution in [-0.4, -0.2) is 68.2 Å². The lowest BCUT2D eigenvalue weighted by molar-refractivity contribution is -0.384. The third-order valence-corrected chi connectivity index (χ3v) is 7.10. The van der Waals surface area contributed by atoms with E-state index in [2.05, 4.69) is 5.32 Å². The van der Waals surface area contributed by atoms with Crippen LogP contribution in [0.4, 0.5) is 10.5 Å². The van der Waals surface area contributed by atoms with E-state index in [1.54, 1.807) is 11.8 Å². The molecule has 2 rings (SSSR count). The van der Waals surface area contributed by atoms with Crippen molar-refractivity contribution in [2.45, 2.75) is 43.4 Å². The summed E-state index contributed by atoms with van der Waals surface area (Å²) in [6.45, 7) is 3.19. The molecule has 0 bridgehead atoms. The smallest absolute Gasteiger partial charge is 0.410 e. The first-order chi connectivity index (χ1) is 15.6. The van der Waals surface area contributed by atoms with Gasteiger partial charge in [0, 0.05) is 42.6 Å². The SMILES string of the molecule is CC(=O)SC1CC(CSC(C)C(=O)NCC(N)=O)N(C(=O)OCc2ccc([N+](=O)[O-])cc2)C1. The zero-order valence-electron chi connectivity index (χ0n) is 18.2. The van der Waals surface area contributed by atoms with Gasteiger partial charge in [0.25, 0.3) is 5.69 Å². The first-order valence-corrected chi connectivity index (χ1v) is 12.0. The van der Waals surface area contributed by atoms with Crippen LogP contribution in [0.25, 0.3) is 0 Å². The van der Waals surface area contributed by atoms with Gasteiger partial charge in [-0.1, -0.05) is 11.8 Å². The molecule has 0 spiro atoms. The highest BCUT2D eigenvalue weighted by Crippen LogP contribution is 2.31. The molecule has 3 unspecified atom stereocenters. The van der Waals surface area contributed by atoms with Gasteiger partial charge < -0.3 is 20.7 Å². The van der Waals surface area contributed by atoms with Crippen molar-refractivity contribution in [2.24, 2.45) is 5.73 Å². The standard InChI is InChI=1S/C20H26N4O7S2/c1-12(19(27)22-8-18(21)26)32-11-16-7-17(33-13(2)25)9-23(16)20(28)31-10-14-3-5-15(6-4-14)24(29)30/h3-6,12,16-17H,7-11H2,1-2H3,(H2,21,26)(H,22,27). The second-order valence-electron chi connectivity index (χ2n) is 7.41. The highest BCUT2D eigenvalue weighted by atomic mass is 32.2. The summed E-state index contributed by atoms with van der Waals surface area (Å²) in [4.78, 5) is 59.0. The zero-order valence-corrected chi connectivity index (χ0v) is 19.9. The molecular weight excluding hydrogens is 472 g/mol. The summed E-state index contributed by atoms with van der Waals surface area (Å²) in [5, 5.41) is 12.6. The fraction of sp³-hybridized carbons (Fsp3) is 0.500. The number of hydrogen-bond donors (Lipinski definition) is 2. The number of nitro groups is 1. The van der Waals surface area contributed by atoms with Crippen molar-refractivity contribution in [2.75, 3.05) is 18.8 Å². The van der Waals surface area contributed by atoms with Gasteiger partial charge in [0.15, 0.2) is 5.12 Å². The van der Waals surface area contributed by atoms with Crippen LogP contribution in [0.5, 0.6) is 0 Å². The van der Waals surface area contributed by atoms with E-state index in [1.807, 2.05) is 0 Å². The first kappa shape index (κ1) is 26.5. The number of hydrogen-bond acceptors (Lipinski definition) is 9. The van der Waals surface area contributed by atoms with Crippen LogP contribution in [0.3, 0.4) is 0 Å². The minimum Gasteiger partial charge on any atom is -0.445 e. The highest BCUT2D eigenvalue weighted by Gasteiger charge is 2.37. The van der Waals surface area contributed by atoms with Crippen molar-refractivity contribution in [3.05, 3.63) is 39.9 Å². The van der Waals surface area contributed by atoms with E-state index < -0.39 is 22.2 Å². The second-order valence-corrected chi connectivity index (χ2v) is 10.3. The average molecular weight is 499 g/mol.